The van der Waals surface area contributed by atoms with E-state index in [0.29, 0.717) is 18.0 Å². The predicted octanol–water partition coefficient (Wildman–Crippen LogP) is 2.56. The van der Waals surface area contributed by atoms with Crippen LogP contribution in [0.1, 0.15) is 57.2 Å². The minimum atomic E-state index is 0.381. The van der Waals surface area contributed by atoms with Gasteiger partial charge in [-0.1, -0.05) is 26.2 Å². The van der Waals surface area contributed by atoms with Crippen LogP contribution in [0.3, 0.4) is 0 Å². The number of likely N-dealkylation sites (tertiary alicyclic amines) is 1. The molecule has 1 aromatic rings. The zero-order chi connectivity index (χ0) is 13.9. The molecule has 2 heterocycles. The van der Waals surface area contributed by atoms with Crippen molar-refractivity contribution >= 4 is 0 Å². The van der Waals surface area contributed by atoms with Crippen LogP contribution in [0.15, 0.2) is 12.3 Å². The Labute approximate surface area is 122 Å². The van der Waals surface area contributed by atoms with Crippen LogP contribution in [-0.2, 0) is 6.54 Å². The van der Waals surface area contributed by atoms with Crippen LogP contribution in [0.5, 0.6) is 0 Å². The fourth-order valence-corrected chi connectivity index (χ4v) is 3.63. The number of hydrogen-bond donors (Lipinski definition) is 1. The van der Waals surface area contributed by atoms with Crippen molar-refractivity contribution in [2.45, 2.75) is 64.1 Å². The summed E-state index contributed by atoms with van der Waals surface area (Å²) >= 11 is 0. The molecule has 0 spiro atoms. The first-order chi connectivity index (χ1) is 9.72. The quantitative estimate of drug-likeness (QED) is 0.923. The van der Waals surface area contributed by atoms with Crippen LogP contribution in [0, 0.1) is 5.92 Å². The summed E-state index contributed by atoms with van der Waals surface area (Å²) in [5.74, 6) is 0.601. The molecule has 2 atom stereocenters. The molecule has 0 bridgehead atoms. The number of rotatable bonds is 3. The Bertz CT molecular complexity index is 422. The second kappa shape index (κ2) is 6.27. The number of nitrogens with two attached hydrogens (primary N) is 1. The molecule has 1 saturated carbocycles. The summed E-state index contributed by atoms with van der Waals surface area (Å²) in [5, 5.41) is 4.82. The van der Waals surface area contributed by atoms with E-state index in [1.54, 1.807) is 0 Å². The Balaban J connectivity index is 1.57. The van der Waals surface area contributed by atoms with Gasteiger partial charge in [-0.15, -0.1) is 0 Å². The van der Waals surface area contributed by atoms with Gasteiger partial charge in [-0.2, -0.15) is 5.10 Å². The van der Waals surface area contributed by atoms with Crippen LogP contribution in [0.4, 0.5) is 0 Å². The first-order valence-corrected chi connectivity index (χ1v) is 8.24. The van der Waals surface area contributed by atoms with Gasteiger partial charge in [0, 0.05) is 31.9 Å². The molecule has 0 amide bonds. The summed E-state index contributed by atoms with van der Waals surface area (Å²) in [6, 6.07) is 3.23. The lowest BCUT2D eigenvalue weighted by atomic mass is 9.95. The standard InChI is InChI=1S/C16H28N4/c1-13-11-19(9-8-16(13)17)12-14-7-10-20(18-14)15-5-3-2-4-6-15/h7,10,13,15-16H,2-6,8-9,11-12,17H2,1H3. The molecule has 3 rings (SSSR count). The van der Waals surface area contributed by atoms with E-state index >= 15 is 0 Å². The Kier molecular flexibility index (Phi) is 4.41. The highest BCUT2D eigenvalue weighted by Gasteiger charge is 2.23. The largest absolute Gasteiger partial charge is 0.327 e. The minimum Gasteiger partial charge on any atom is -0.327 e. The molecule has 1 aliphatic heterocycles. The first kappa shape index (κ1) is 14.1. The van der Waals surface area contributed by atoms with Gasteiger partial charge in [0.05, 0.1) is 11.7 Å². The van der Waals surface area contributed by atoms with Gasteiger partial charge in [-0.25, -0.2) is 0 Å². The second-order valence-electron chi connectivity index (χ2n) is 6.74. The van der Waals surface area contributed by atoms with Crippen molar-refractivity contribution in [2.24, 2.45) is 11.7 Å². The van der Waals surface area contributed by atoms with E-state index in [4.69, 9.17) is 10.8 Å². The van der Waals surface area contributed by atoms with E-state index < -0.39 is 0 Å². The van der Waals surface area contributed by atoms with Crippen LogP contribution in [-0.4, -0.2) is 33.8 Å². The van der Waals surface area contributed by atoms with Crippen molar-refractivity contribution in [3.63, 3.8) is 0 Å². The highest BCUT2D eigenvalue weighted by Crippen LogP contribution is 2.27. The Morgan fingerprint density at radius 2 is 2.05 bits per heavy atom. The predicted molar refractivity (Wildman–Crippen MR) is 81.4 cm³/mol. The van der Waals surface area contributed by atoms with E-state index in [1.807, 2.05) is 0 Å². The maximum Gasteiger partial charge on any atom is 0.0764 e. The minimum absolute atomic E-state index is 0.381. The monoisotopic (exact) mass is 276 g/mol. The molecule has 0 aromatic carbocycles. The highest BCUT2D eigenvalue weighted by atomic mass is 15.3. The lowest BCUT2D eigenvalue weighted by Crippen LogP contribution is -2.45. The first-order valence-electron chi connectivity index (χ1n) is 8.24. The smallest absolute Gasteiger partial charge is 0.0764 e. The normalized spacial score (nSPS) is 29.7. The fourth-order valence-electron chi connectivity index (χ4n) is 3.63. The highest BCUT2D eigenvalue weighted by molar-refractivity contribution is 5.01. The average molecular weight is 276 g/mol. The van der Waals surface area contributed by atoms with Crippen molar-refractivity contribution in [3.8, 4) is 0 Å². The van der Waals surface area contributed by atoms with Crippen LogP contribution in [0.2, 0.25) is 0 Å². The van der Waals surface area contributed by atoms with E-state index in [-0.39, 0.29) is 0 Å². The number of piperidine rings is 1. The second-order valence-corrected chi connectivity index (χ2v) is 6.74. The van der Waals surface area contributed by atoms with Crippen molar-refractivity contribution in [3.05, 3.63) is 18.0 Å². The third kappa shape index (κ3) is 3.23. The number of hydrogen-bond acceptors (Lipinski definition) is 3. The van der Waals surface area contributed by atoms with Gasteiger partial charge < -0.3 is 5.73 Å². The van der Waals surface area contributed by atoms with Crippen LogP contribution < -0.4 is 5.73 Å². The molecular formula is C16H28N4. The van der Waals surface area contributed by atoms with Crippen molar-refractivity contribution in [1.82, 2.24) is 14.7 Å². The van der Waals surface area contributed by atoms with Gasteiger partial charge in [0.1, 0.15) is 0 Å². The maximum absolute atomic E-state index is 6.09. The molecule has 20 heavy (non-hydrogen) atoms. The van der Waals surface area contributed by atoms with Crippen molar-refractivity contribution in [1.29, 1.82) is 0 Å². The molecule has 1 aromatic heterocycles. The molecule has 2 fully saturated rings. The molecule has 2 N–H and O–H groups in total. The van der Waals surface area contributed by atoms with Crippen molar-refractivity contribution in [2.75, 3.05) is 13.1 Å². The van der Waals surface area contributed by atoms with E-state index in [2.05, 4.69) is 28.8 Å². The third-order valence-corrected chi connectivity index (χ3v) is 5.05. The van der Waals surface area contributed by atoms with Gasteiger partial charge in [-0.3, -0.25) is 9.58 Å². The SMILES string of the molecule is CC1CN(Cc2ccn(C3CCCCC3)n2)CCC1N. The Morgan fingerprint density at radius 1 is 1.25 bits per heavy atom. The van der Waals surface area contributed by atoms with Crippen molar-refractivity contribution < 1.29 is 0 Å². The molecular weight excluding hydrogens is 248 g/mol. The summed E-state index contributed by atoms with van der Waals surface area (Å²) in [7, 11) is 0. The molecule has 0 radical (unpaired) electrons. The van der Waals surface area contributed by atoms with E-state index in [0.717, 1.165) is 26.1 Å². The average Bonchev–Trinajstić information content (AvgIpc) is 2.92. The van der Waals surface area contributed by atoms with Gasteiger partial charge >= 0.3 is 0 Å². The third-order valence-electron chi connectivity index (χ3n) is 5.05. The summed E-state index contributed by atoms with van der Waals surface area (Å²) in [4.78, 5) is 2.50. The maximum atomic E-state index is 6.09. The van der Waals surface area contributed by atoms with E-state index in [9.17, 15) is 0 Å². The molecule has 112 valence electrons. The molecule has 4 heteroatoms. The molecule has 2 unspecified atom stereocenters. The number of aromatic nitrogens is 2. The molecule has 1 saturated heterocycles. The summed E-state index contributed by atoms with van der Waals surface area (Å²) < 4.78 is 2.22. The number of nitrogens with zero attached hydrogens (tertiary/aromatic N) is 3. The van der Waals surface area contributed by atoms with Gasteiger partial charge in [-0.05, 0) is 31.2 Å². The topological polar surface area (TPSA) is 47.1 Å². The lowest BCUT2D eigenvalue weighted by molar-refractivity contribution is 0.155. The Morgan fingerprint density at radius 3 is 2.80 bits per heavy atom. The van der Waals surface area contributed by atoms with Gasteiger partial charge in [0.25, 0.3) is 0 Å². The van der Waals surface area contributed by atoms with E-state index in [1.165, 1.54) is 37.8 Å². The van der Waals surface area contributed by atoms with Gasteiger partial charge in [0.15, 0.2) is 0 Å². The zero-order valence-electron chi connectivity index (χ0n) is 12.7. The van der Waals surface area contributed by atoms with Crippen LogP contribution in [0.25, 0.3) is 0 Å². The summed E-state index contributed by atoms with van der Waals surface area (Å²) in [6.07, 6.45) is 10.0. The fraction of sp³-hybridized carbons (Fsp3) is 0.812. The summed E-state index contributed by atoms with van der Waals surface area (Å²) in [6.45, 7) is 5.47. The van der Waals surface area contributed by atoms with Crippen LogP contribution >= 0.6 is 0 Å². The summed E-state index contributed by atoms with van der Waals surface area (Å²) in [5.41, 5.74) is 7.31. The Hall–Kier alpha value is -0.870. The van der Waals surface area contributed by atoms with Gasteiger partial charge in [0.2, 0.25) is 0 Å². The molecule has 4 nitrogen and oxygen atoms in total. The lowest BCUT2D eigenvalue weighted by Gasteiger charge is -2.34. The zero-order valence-corrected chi connectivity index (χ0v) is 12.7. The molecule has 1 aliphatic carbocycles. The molecule has 2 aliphatic rings.